The van der Waals surface area contributed by atoms with Gasteiger partial charge in [0, 0.05) is 12.5 Å². The number of nitrogens with one attached hydrogen (secondary N) is 1. The summed E-state index contributed by atoms with van der Waals surface area (Å²) in [6, 6.07) is 9.68. The van der Waals surface area contributed by atoms with Crippen LogP contribution in [0, 0.1) is 5.82 Å². The first-order valence-corrected chi connectivity index (χ1v) is 9.59. The largest absolute Gasteiger partial charge is 0.352 e. The van der Waals surface area contributed by atoms with Gasteiger partial charge in [-0.25, -0.2) is 9.37 Å². The number of carbonyl (C=O) groups is 1. The minimum absolute atomic E-state index is 0.0855. The van der Waals surface area contributed by atoms with Gasteiger partial charge in [0.15, 0.2) is 0 Å². The molecule has 2 aromatic carbocycles. The Morgan fingerprint density at radius 1 is 1.30 bits per heavy atom. The summed E-state index contributed by atoms with van der Waals surface area (Å²) in [5, 5.41) is 3.79. The lowest BCUT2D eigenvalue weighted by Crippen LogP contribution is -2.33. The van der Waals surface area contributed by atoms with Gasteiger partial charge in [0.25, 0.3) is 0 Å². The predicted octanol–water partition coefficient (Wildman–Crippen LogP) is 4.91. The van der Waals surface area contributed by atoms with Crippen LogP contribution in [0.2, 0.25) is 10.0 Å². The van der Waals surface area contributed by atoms with Crippen LogP contribution in [0.3, 0.4) is 0 Å². The van der Waals surface area contributed by atoms with Crippen molar-refractivity contribution in [2.75, 3.05) is 0 Å². The van der Waals surface area contributed by atoms with E-state index in [4.69, 9.17) is 23.2 Å². The molecule has 7 heteroatoms. The highest BCUT2D eigenvalue weighted by Crippen LogP contribution is 2.31. The third-order valence-corrected chi connectivity index (χ3v) is 5.52. The number of imidazole rings is 1. The van der Waals surface area contributed by atoms with Crippen molar-refractivity contribution >= 4 is 40.1 Å². The molecule has 3 aromatic rings. The van der Waals surface area contributed by atoms with Crippen molar-refractivity contribution in [1.29, 1.82) is 0 Å². The van der Waals surface area contributed by atoms with E-state index in [0.717, 1.165) is 12.8 Å². The van der Waals surface area contributed by atoms with Crippen LogP contribution < -0.4 is 5.32 Å². The zero-order valence-electron chi connectivity index (χ0n) is 14.7. The zero-order valence-corrected chi connectivity index (χ0v) is 16.2. The molecule has 1 atom stereocenters. The molecule has 0 saturated heterocycles. The van der Waals surface area contributed by atoms with E-state index in [1.165, 1.54) is 6.07 Å². The average Bonchev–Trinajstić information content (AvgIpc) is 3.38. The minimum atomic E-state index is -0.505. The van der Waals surface area contributed by atoms with Crippen molar-refractivity contribution in [2.24, 2.45) is 0 Å². The molecule has 4 rings (SSSR count). The lowest BCUT2D eigenvalue weighted by molar-refractivity contribution is -0.124. The summed E-state index contributed by atoms with van der Waals surface area (Å²) in [5.41, 5.74) is 1.84. The summed E-state index contributed by atoms with van der Waals surface area (Å²) in [6.07, 6.45) is 2.27. The maximum Gasteiger partial charge on any atom is 0.243 e. The van der Waals surface area contributed by atoms with Crippen molar-refractivity contribution in [3.63, 3.8) is 0 Å². The molecule has 1 aromatic heterocycles. The van der Waals surface area contributed by atoms with Crippen LogP contribution in [0.4, 0.5) is 4.39 Å². The standard InChI is InChI=1S/C20H18Cl2FN3O/c1-11(20(27)24-13-6-7-13)26-18-10-15(22)14(21)9-17(18)25-19(26)8-12-4-2-3-5-16(12)23/h2-5,9-11,13H,6-8H2,1H3,(H,24,27)/t11-/m1/s1. The number of nitrogens with zero attached hydrogens (tertiary/aromatic N) is 2. The Balaban J connectivity index is 1.81. The molecule has 1 aliphatic carbocycles. The van der Waals surface area contributed by atoms with Gasteiger partial charge in [-0.2, -0.15) is 0 Å². The highest BCUT2D eigenvalue weighted by molar-refractivity contribution is 6.42. The van der Waals surface area contributed by atoms with Gasteiger partial charge < -0.3 is 9.88 Å². The summed E-state index contributed by atoms with van der Waals surface area (Å²) in [5.74, 6) is 0.201. The molecular weight excluding hydrogens is 388 g/mol. The fraction of sp³-hybridized carbons (Fsp3) is 0.300. The Morgan fingerprint density at radius 2 is 2.00 bits per heavy atom. The summed E-state index contributed by atoms with van der Waals surface area (Å²) in [4.78, 5) is 17.3. The molecule has 27 heavy (non-hydrogen) atoms. The van der Waals surface area contributed by atoms with Crippen LogP contribution in [-0.2, 0) is 11.2 Å². The number of aromatic nitrogens is 2. The summed E-state index contributed by atoms with van der Waals surface area (Å²) in [7, 11) is 0. The molecule has 140 valence electrons. The number of fused-ring (bicyclic) bond motifs is 1. The van der Waals surface area contributed by atoms with E-state index in [9.17, 15) is 9.18 Å². The van der Waals surface area contributed by atoms with Crippen LogP contribution >= 0.6 is 23.2 Å². The molecule has 0 unspecified atom stereocenters. The molecule has 4 nitrogen and oxygen atoms in total. The van der Waals surface area contributed by atoms with Gasteiger partial charge in [0.2, 0.25) is 5.91 Å². The van der Waals surface area contributed by atoms with Crippen molar-refractivity contribution in [3.8, 4) is 0 Å². The molecule has 0 aliphatic heterocycles. The van der Waals surface area contributed by atoms with Crippen molar-refractivity contribution in [3.05, 3.63) is 63.6 Å². The van der Waals surface area contributed by atoms with E-state index in [1.54, 1.807) is 30.3 Å². The number of hydrogen-bond donors (Lipinski definition) is 1. The Bertz CT molecular complexity index is 1030. The maximum absolute atomic E-state index is 14.2. The lowest BCUT2D eigenvalue weighted by Gasteiger charge is -2.18. The van der Waals surface area contributed by atoms with Crippen LogP contribution in [0.15, 0.2) is 36.4 Å². The van der Waals surface area contributed by atoms with Gasteiger partial charge in [-0.15, -0.1) is 0 Å². The zero-order chi connectivity index (χ0) is 19.1. The molecule has 0 bridgehead atoms. The third-order valence-electron chi connectivity index (χ3n) is 4.80. The van der Waals surface area contributed by atoms with E-state index < -0.39 is 6.04 Å². The molecule has 0 radical (unpaired) electrons. The average molecular weight is 406 g/mol. The van der Waals surface area contributed by atoms with E-state index in [2.05, 4.69) is 10.3 Å². The number of benzene rings is 2. The van der Waals surface area contributed by atoms with Gasteiger partial charge in [-0.1, -0.05) is 41.4 Å². The second-order valence-electron chi connectivity index (χ2n) is 6.88. The van der Waals surface area contributed by atoms with Crippen molar-refractivity contribution in [1.82, 2.24) is 14.9 Å². The maximum atomic E-state index is 14.2. The Hall–Kier alpha value is -2.11. The van der Waals surface area contributed by atoms with E-state index in [-0.39, 0.29) is 24.2 Å². The van der Waals surface area contributed by atoms with E-state index in [0.29, 0.717) is 32.5 Å². The Labute approximate surface area is 166 Å². The minimum Gasteiger partial charge on any atom is -0.352 e. The van der Waals surface area contributed by atoms with Gasteiger partial charge in [-0.05, 0) is 43.5 Å². The van der Waals surface area contributed by atoms with Gasteiger partial charge in [0.05, 0.1) is 21.1 Å². The predicted molar refractivity (Wildman–Crippen MR) is 105 cm³/mol. The third kappa shape index (κ3) is 3.66. The molecule has 1 aliphatic rings. The normalized spacial score (nSPS) is 15.1. The summed E-state index contributed by atoms with van der Waals surface area (Å²) >= 11 is 12.3. The monoisotopic (exact) mass is 405 g/mol. The Kier molecular flexibility index (Phi) is 4.82. The smallest absolute Gasteiger partial charge is 0.243 e. The first kappa shape index (κ1) is 18.3. The first-order valence-electron chi connectivity index (χ1n) is 8.83. The fourth-order valence-electron chi connectivity index (χ4n) is 3.18. The number of amides is 1. The molecule has 1 amide bonds. The van der Waals surface area contributed by atoms with Crippen molar-refractivity contribution < 1.29 is 9.18 Å². The van der Waals surface area contributed by atoms with Gasteiger partial charge in [0.1, 0.15) is 17.7 Å². The quantitative estimate of drug-likeness (QED) is 0.655. The molecule has 1 heterocycles. The van der Waals surface area contributed by atoms with Crippen LogP contribution in [0.5, 0.6) is 0 Å². The lowest BCUT2D eigenvalue weighted by atomic mass is 10.1. The SMILES string of the molecule is C[C@H](C(=O)NC1CC1)n1c(Cc2ccccc2F)nc2cc(Cl)c(Cl)cc21. The Morgan fingerprint density at radius 3 is 2.70 bits per heavy atom. The van der Waals surface area contributed by atoms with E-state index >= 15 is 0 Å². The highest BCUT2D eigenvalue weighted by Gasteiger charge is 2.28. The second-order valence-corrected chi connectivity index (χ2v) is 7.69. The van der Waals surface area contributed by atoms with Crippen LogP contribution in [0.25, 0.3) is 11.0 Å². The number of halogens is 3. The molecule has 0 spiro atoms. The molecule has 1 fully saturated rings. The van der Waals surface area contributed by atoms with Gasteiger partial charge in [-0.3, -0.25) is 4.79 Å². The summed E-state index contributed by atoms with van der Waals surface area (Å²) in [6.45, 7) is 1.81. The topological polar surface area (TPSA) is 46.9 Å². The number of hydrogen-bond acceptors (Lipinski definition) is 2. The number of rotatable bonds is 5. The summed E-state index contributed by atoms with van der Waals surface area (Å²) < 4.78 is 16.0. The highest BCUT2D eigenvalue weighted by atomic mass is 35.5. The second kappa shape index (κ2) is 7.13. The molecule has 1 N–H and O–H groups in total. The van der Waals surface area contributed by atoms with E-state index in [1.807, 2.05) is 11.5 Å². The van der Waals surface area contributed by atoms with Crippen molar-refractivity contribution in [2.45, 2.75) is 38.3 Å². The fourth-order valence-corrected chi connectivity index (χ4v) is 3.49. The number of carbonyl (C=O) groups excluding carboxylic acids is 1. The van der Waals surface area contributed by atoms with Crippen LogP contribution in [-0.4, -0.2) is 21.5 Å². The van der Waals surface area contributed by atoms with Crippen LogP contribution in [0.1, 0.15) is 37.2 Å². The van der Waals surface area contributed by atoms with Gasteiger partial charge >= 0.3 is 0 Å². The first-order chi connectivity index (χ1) is 12.9. The molecule has 1 saturated carbocycles. The molecular formula is C20H18Cl2FN3O.